The van der Waals surface area contributed by atoms with Crippen molar-refractivity contribution < 1.29 is 27.9 Å². The first-order valence-electron chi connectivity index (χ1n) is 5.76. The molecule has 104 valence electrons. The van der Waals surface area contributed by atoms with E-state index in [1.807, 2.05) is 0 Å². The van der Waals surface area contributed by atoms with E-state index < -0.39 is 33.8 Å². The lowest BCUT2D eigenvalue weighted by Gasteiger charge is -2.31. The van der Waals surface area contributed by atoms with Crippen LogP contribution < -0.4 is 0 Å². The Balaban J connectivity index is 2.81. The van der Waals surface area contributed by atoms with Gasteiger partial charge in [-0.25, -0.2) is 8.42 Å². The number of carbonyl (C=O) groups is 2. The van der Waals surface area contributed by atoms with Crippen molar-refractivity contribution in [2.45, 2.75) is 32.2 Å². The molecule has 0 bridgehead atoms. The maximum absolute atomic E-state index is 11.9. The smallest absolute Gasteiger partial charge is 0.322 e. The van der Waals surface area contributed by atoms with Crippen molar-refractivity contribution in [3.05, 3.63) is 0 Å². The van der Waals surface area contributed by atoms with Gasteiger partial charge >= 0.3 is 11.9 Å². The van der Waals surface area contributed by atoms with Gasteiger partial charge in [-0.1, -0.05) is 0 Å². The van der Waals surface area contributed by atoms with E-state index in [1.54, 1.807) is 6.92 Å². The van der Waals surface area contributed by atoms with Gasteiger partial charge in [0.2, 0.25) is 10.0 Å². The number of rotatable bonds is 5. The van der Waals surface area contributed by atoms with Crippen LogP contribution in [0.3, 0.4) is 0 Å². The van der Waals surface area contributed by atoms with E-state index in [0.29, 0.717) is 12.8 Å². The Morgan fingerprint density at radius 1 is 1.39 bits per heavy atom. The minimum atomic E-state index is -3.92. The van der Waals surface area contributed by atoms with E-state index in [0.717, 1.165) is 4.31 Å². The average Bonchev–Trinajstić information content (AvgIpc) is 2.28. The Labute approximate surface area is 106 Å². The molecule has 0 saturated carbocycles. The first-order valence-corrected chi connectivity index (χ1v) is 7.37. The Morgan fingerprint density at radius 3 is 2.61 bits per heavy atom. The van der Waals surface area contributed by atoms with E-state index in [9.17, 15) is 18.0 Å². The number of aliphatic carboxylic acids is 1. The first-order chi connectivity index (χ1) is 8.38. The minimum Gasteiger partial charge on any atom is -0.480 e. The van der Waals surface area contributed by atoms with Gasteiger partial charge in [-0.15, -0.1) is 0 Å². The van der Waals surface area contributed by atoms with Gasteiger partial charge in [0.05, 0.1) is 6.61 Å². The maximum atomic E-state index is 11.9. The molecule has 1 N–H and O–H groups in total. The SMILES string of the molecule is CCOC(=O)CS(=O)(=O)N1CCCC[C@H]1C(=O)O. The second-order valence-electron chi connectivity index (χ2n) is 4.02. The molecule has 0 amide bonds. The van der Waals surface area contributed by atoms with Crippen LogP contribution in [0.2, 0.25) is 0 Å². The molecule has 1 aliphatic heterocycles. The Morgan fingerprint density at radius 2 is 2.06 bits per heavy atom. The number of esters is 1. The molecular weight excluding hydrogens is 262 g/mol. The fraction of sp³-hybridized carbons (Fsp3) is 0.800. The zero-order chi connectivity index (χ0) is 13.8. The number of sulfonamides is 1. The molecule has 1 saturated heterocycles. The minimum absolute atomic E-state index is 0.0940. The van der Waals surface area contributed by atoms with Crippen LogP contribution >= 0.6 is 0 Å². The second-order valence-corrected chi connectivity index (χ2v) is 5.94. The fourth-order valence-electron chi connectivity index (χ4n) is 1.92. The topological polar surface area (TPSA) is 101 Å². The summed E-state index contributed by atoms with van der Waals surface area (Å²) in [6.45, 7) is 1.81. The standard InChI is InChI=1S/C10H17NO6S/c1-2-17-9(12)7-18(15,16)11-6-4-3-5-8(11)10(13)14/h8H,2-7H2,1H3,(H,13,14)/t8-/m0/s1. The average molecular weight is 279 g/mol. The molecule has 18 heavy (non-hydrogen) atoms. The van der Waals surface area contributed by atoms with Crippen molar-refractivity contribution in [2.75, 3.05) is 18.9 Å². The first kappa shape index (κ1) is 14.9. The highest BCUT2D eigenvalue weighted by Gasteiger charge is 2.37. The van der Waals surface area contributed by atoms with Crippen LogP contribution in [-0.2, 0) is 24.3 Å². The highest BCUT2D eigenvalue weighted by molar-refractivity contribution is 7.89. The quantitative estimate of drug-likeness (QED) is 0.700. The van der Waals surface area contributed by atoms with Crippen LogP contribution in [0.25, 0.3) is 0 Å². The molecule has 0 radical (unpaired) electrons. The van der Waals surface area contributed by atoms with Gasteiger partial charge in [-0.3, -0.25) is 9.59 Å². The van der Waals surface area contributed by atoms with Crippen LogP contribution in [-0.4, -0.2) is 54.7 Å². The zero-order valence-electron chi connectivity index (χ0n) is 10.2. The summed E-state index contributed by atoms with van der Waals surface area (Å²) in [5.41, 5.74) is 0. The summed E-state index contributed by atoms with van der Waals surface area (Å²) in [6, 6.07) is -1.07. The lowest BCUT2D eigenvalue weighted by molar-refractivity contribution is -0.143. The van der Waals surface area contributed by atoms with Gasteiger partial charge in [-0.05, 0) is 26.2 Å². The lowest BCUT2D eigenvalue weighted by Crippen LogP contribution is -2.49. The summed E-state index contributed by atoms with van der Waals surface area (Å²) in [7, 11) is -3.92. The third-order valence-corrected chi connectivity index (χ3v) is 4.45. The van der Waals surface area contributed by atoms with Crippen LogP contribution in [0, 0.1) is 0 Å². The third kappa shape index (κ3) is 3.67. The van der Waals surface area contributed by atoms with Gasteiger partial charge in [0.25, 0.3) is 0 Å². The number of nitrogens with zero attached hydrogens (tertiary/aromatic N) is 1. The third-order valence-electron chi connectivity index (χ3n) is 2.70. The summed E-state index contributed by atoms with van der Waals surface area (Å²) in [6.07, 6.45) is 1.55. The summed E-state index contributed by atoms with van der Waals surface area (Å²) < 4.78 is 29.4. The molecule has 1 fully saturated rings. The van der Waals surface area contributed by atoms with Gasteiger partial charge in [0.15, 0.2) is 5.75 Å². The monoisotopic (exact) mass is 279 g/mol. The number of piperidine rings is 1. The Kier molecular flexibility index (Phi) is 5.09. The molecule has 0 aromatic heterocycles. The summed E-state index contributed by atoms with van der Waals surface area (Å²) in [4.78, 5) is 22.2. The van der Waals surface area contributed by atoms with Crippen molar-refractivity contribution in [3.8, 4) is 0 Å². The fourth-order valence-corrected chi connectivity index (χ4v) is 3.46. The molecule has 1 aliphatic rings. The van der Waals surface area contributed by atoms with E-state index in [1.165, 1.54) is 0 Å². The van der Waals surface area contributed by atoms with Gasteiger partial charge in [0, 0.05) is 6.54 Å². The van der Waals surface area contributed by atoms with Crippen molar-refractivity contribution in [1.82, 2.24) is 4.31 Å². The van der Waals surface area contributed by atoms with Gasteiger partial charge < -0.3 is 9.84 Å². The Hall–Kier alpha value is -1.15. The molecule has 1 atom stereocenters. The van der Waals surface area contributed by atoms with Gasteiger partial charge in [-0.2, -0.15) is 4.31 Å². The van der Waals surface area contributed by atoms with Crippen molar-refractivity contribution in [3.63, 3.8) is 0 Å². The zero-order valence-corrected chi connectivity index (χ0v) is 11.0. The molecule has 0 unspecified atom stereocenters. The highest BCUT2D eigenvalue weighted by Crippen LogP contribution is 2.21. The molecule has 0 aromatic rings. The van der Waals surface area contributed by atoms with Crippen molar-refractivity contribution >= 4 is 22.0 Å². The molecule has 8 heteroatoms. The number of ether oxygens (including phenoxy) is 1. The molecule has 0 spiro atoms. The second kappa shape index (κ2) is 6.14. The van der Waals surface area contributed by atoms with E-state index in [2.05, 4.69) is 4.74 Å². The number of carbonyl (C=O) groups excluding carboxylic acids is 1. The summed E-state index contributed by atoms with van der Waals surface area (Å²) >= 11 is 0. The highest BCUT2D eigenvalue weighted by atomic mass is 32.2. The summed E-state index contributed by atoms with van der Waals surface area (Å²) in [5, 5.41) is 8.99. The number of hydrogen-bond donors (Lipinski definition) is 1. The van der Waals surface area contributed by atoms with Crippen molar-refractivity contribution in [1.29, 1.82) is 0 Å². The molecule has 1 rings (SSSR count). The van der Waals surface area contributed by atoms with Crippen LogP contribution in [0.5, 0.6) is 0 Å². The van der Waals surface area contributed by atoms with Crippen LogP contribution in [0.15, 0.2) is 0 Å². The predicted molar refractivity (Wildman–Crippen MR) is 62.4 cm³/mol. The van der Waals surface area contributed by atoms with Gasteiger partial charge in [0.1, 0.15) is 6.04 Å². The summed E-state index contributed by atoms with van der Waals surface area (Å²) in [5.74, 6) is -2.83. The Bertz CT molecular complexity index is 418. The normalized spacial score (nSPS) is 21.5. The molecule has 0 aliphatic carbocycles. The molecule has 1 heterocycles. The number of carboxylic acid groups (broad SMARTS) is 1. The number of carboxylic acids is 1. The van der Waals surface area contributed by atoms with Crippen LogP contribution in [0.1, 0.15) is 26.2 Å². The van der Waals surface area contributed by atoms with Crippen LogP contribution in [0.4, 0.5) is 0 Å². The van der Waals surface area contributed by atoms with Crippen molar-refractivity contribution in [2.24, 2.45) is 0 Å². The number of hydrogen-bond acceptors (Lipinski definition) is 5. The predicted octanol–water partition coefficient (Wildman–Crippen LogP) is -0.182. The maximum Gasteiger partial charge on any atom is 0.322 e. The molecule has 7 nitrogen and oxygen atoms in total. The van der Waals surface area contributed by atoms with E-state index >= 15 is 0 Å². The van der Waals surface area contributed by atoms with E-state index in [4.69, 9.17) is 5.11 Å². The largest absolute Gasteiger partial charge is 0.480 e. The molecular formula is C10H17NO6S. The lowest BCUT2D eigenvalue weighted by atomic mass is 10.1. The van der Waals surface area contributed by atoms with E-state index in [-0.39, 0.29) is 19.6 Å². The molecule has 0 aromatic carbocycles.